The average Bonchev–Trinajstić information content (AvgIpc) is 2.79. The molecule has 0 spiro atoms. The summed E-state index contributed by atoms with van der Waals surface area (Å²) in [5.74, 6) is 0.279. The van der Waals surface area contributed by atoms with Gasteiger partial charge in [0.2, 0.25) is 11.8 Å². The lowest BCUT2D eigenvalue weighted by molar-refractivity contribution is -0.134. The van der Waals surface area contributed by atoms with Crippen LogP contribution < -0.4 is 0 Å². The zero-order valence-corrected chi connectivity index (χ0v) is 15.1. The molecule has 0 bridgehead atoms. The van der Waals surface area contributed by atoms with Crippen LogP contribution in [0.3, 0.4) is 0 Å². The summed E-state index contributed by atoms with van der Waals surface area (Å²) in [4.78, 5) is 30.3. The van der Waals surface area contributed by atoms with Crippen LogP contribution in [0.5, 0.6) is 0 Å². The number of carbonyl (C=O) groups excluding carboxylic acids is 2. The maximum absolute atomic E-state index is 12.8. The van der Waals surface area contributed by atoms with Gasteiger partial charge >= 0.3 is 0 Å². The van der Waals surface area contributed by atoms with Crippen LogP contribution in [0.15, 0.2) is 30.3 Å². The van der Waals surface area contributed by atoms with Crippen LogP contribution in [0.1, 0.15) is 32.8 Å². The van der Waals surface area contributed by atoms with Gasteiger partial charge in [-0.05, 0) is 25.8 Å². The van der Waals surface area contributed by atoms with Crippen LogP contribution in [0.25, 0.3) is 0 Å². The second-order valence-corrected chi connectivity index (χ2v) is 6.74. The molecule has 0 radical (unpaired) electrons. The monoisotopic (exact) mass is 331 g/mol. The van der Waals surface area contributed by atoms with E-state index in [2.05, 4.69) is 30.9 Å². The molecule has 5 nitrogen and oxygen atoms in total. The molecule has 1 heterocycles. The van der Waals surface area contributed by atoms with Crippen molar-refractivity contribution in [2.45, 2.75) is 39.8 Å². The lowest BCUT2D eigenvalue weighted by Crippen LogP contribution is -2.44. The van der Waals surface area contributed by atoms with E-state index in [1.165, 1.54) is 0 Å². The molecule has 0 saturated carbocycles. The number of nitrogens with zero attached hydrogens (tertiary/aromatic N) is 3. The van der Waals surface area contributed by atoms with Crippen molar-refractivity contribution in [1.82, 2.24) is 14.7 Å². The Labute approximate surface area is 145 Å². The van der Waals surface area contributed by atoms with Gasteiger partial charge in [0.1, 0.15) is 0 Å². The van der Waals surface area contributed by atoms with Gasteiger partial charge in [-0.15, -0.1) is 0 Å². The number of hydrogen-bond donors (Lipinski definition) is 0. The number of hydrogen-bond acceptors (Lipinski definition) is 3. The fraction of sp³-hybridized carbons (Fsp3) is 0.579. The van der Waals surface area contributed by atoms with Gasteiger partial charge in [-0.1, -0.05) is 30.3 Å². The average molecular weight is 331 g/mol. The van der Waals surface area contributed by atoms with E-state index in [-0.39, 0.29) is 17.9 Å². The minimum Gasteiger partial charge on any atom is -0.342 e. The lowest BCUT2D eigenvalue weighted by Gasteiger charge is -2.30. The van der Waals surface area contributed by atoms with E-state index in [4.69, 9.17) is 0 Å². The fourth-order valence-electron chi connectivity index (χ4n) is 3.06. The van der Waals surface area contributed by atoms with Gasteiger partial charge < -0.3 is 9.80 Å². The summed E-state index contributed by atoms with van der Waals surface area (Å²) in [5, 5.41) is 0. The molecule has 0 atom stereocenters. The molecule has 1 saturated heterocycles. The van der Waals surface area contributed by atoms with Gasteiger partial charge in [0.05, 0.1) is 6.54 Å². The Bertz CT molecular complexity index is 545. The van der Waals surface area contributed by atoms with Crippen molar-refractivity contribution >= 4 is 11.8 Å². The zero-order valence-electron chi connectivity index (χ0n) is 15.1. The summed E-state index contributed by atoms with van der Waals surface area (Å²) >= 11 is 0. The minimum atomic E-state index is 0.121. The molecule has 1 aromatic rings. The van der Waals surface area contributed by atoms with Crippen molar-refractivity contribution in [3.63, 3.8) is 0 Å². The van der Waals surface area contributed by atoms with Crippen molar-refractivity contribution in [3.05, 3.63) is 35.9 Å². The maximum Gasteiger partial charge on any atom is 0.237 e. The van der Waals surface area contributed by atoms with E-state index in [1.54, 1.807) is 6.92 Å². The van der Waals surface area contributed by atoms with Crippen LogP contribution in [0.4, 0.5) is 0 Å². The summed E-state index contributed by atoms with van der Waals surface area (Å²) in [6, 6.07) is 10.3. The Balaban J connectivity index is 1.94. The largest absolute Gasteiger partial charge is 0.342 e. The third-order valence-corrected chi connectivity index (χ3v) is 4.53. The number of rotatable bonds is 5. The van der Waals surface area contributed by atoms with Crippen molar-refractivity contribution in [2.75, 3.05) is 32.7 Å². The van der Waals surface area contributed by atoms with E-state index in [0.717, 1.165) is 31.6 Å². The molecule has 2 amide bonds. The molecular weight excluding hydrogens is 302 g/mol. The Morgan fingerprint density at radius 3 is 2.42 bits per heavy atom. The highest BCUT2D eigenvalue weighted by Gasteiger charge is 2.22. The lowest BCUT2D eigenvalue weighted by atomic mass is 10.2. The zero-order chi connectivity index (χ0) is 17.5. The molecule has 1 aliphatic heterocycles. The molecule has 0 aliphatic carbocycles. The van der Waals surface area contributed by atoms with Gasteiger partial charge in [0.25, 0.3) is 0 Å². The third kappa shape index (κ3) is 5.34. The minimum absolute atomic E-state index is 0.121. The van der Waals surface area contributed by atoms with E-state index in [9.17, 15) is 9.59 Å². The van der Waals surface area contributed by atoms with E-state index in [0.29, 0.717) is 19.6 Å². The quantitative estimate of drug-likeness (QED) is 0.829. The predicted molar refractivity (Wildman–Crippen MR) is 95.4 cm³/mol. The first-order chi connectivity index (χ1) is 11.5. The standard InChI is InChI=1S/C19H29N3O2/c1-16(2)22(14-18-8-5-4-6-9-18)19(24)15-20-10-7-11-21(13-12-20)17(3)23/h4-6,8-9,16H,7,10-15H2,1-3H3. The van der Waals surface area contributed by atoms with Crippen LogP contribution in [0, 0.1) is 0 Å². The smallest absolute Gasteiger partial charge is 0.237 e. The van der Waals surface area contributed by atoms with Crippen LogP contribution in [-0.4, -0.2) is 65.3 Å². The molecule has 132 valence electrons. The van der Waals surface area contributed by atoms with E-state index in [1.807, 2.05) is 28.0 Å². The van der Waals surface area contributed by atoms with Crippen LogP contribution >= 0.6 is 0 Å². The summed E-state index contributed by atoms with van der Waals surface area (Å²) in [6.07, 6.45) is 0.924. The summed E-state index contributed by atoms with van der Waals surface area (Å²) in [5.41, 5.74) is 1.15. The second kappa shape index (κ2) is 8.83. The predicted octanol–water partition coefficient (Wildman–Crippen LogP) is 1.98. The Morgan fingerprint density at radius 1 is 1.08 bits per heavy atom. The van der Waals surface area contributed by atoms with Gasteiger partial charge in [-0.25, -0.2) is 0 Å². The van der Waals surface area contributed by atoms with Gasteiger partial charge in [-0.3, -0.25) is 14.5 Å². The highest BCUT2D eigenvalue weighted by Crippen LogP contribution is 2.10. The second-order valence-electron chi connectivity index (χ2n) is 6.74. The van der Waals surface area contributed by atoms with Crippen molar-refractivity contribution in [2.24, 2.45) is 0 Å². The normalized spacial score (nSPS) is 16.1. The first kappa shape index (κ1) is 18.5. The molecule has 0 N–H and O–H groups in total. The Hall–Kier alpha value is -1.88. The summed E-state index contributed by atoms with van der Waals surface area (Å²) in [6.45, 7) is 9.93. The summed E-state index contributed by atoms with van der Waals surface area (Å²) in [7, 11) is 0. The van der Waals surface area contributed by atoms with Gasteiger partial charge in [0, 0.05) is 45.7 Å². The first-order valence-electron chi connectivity index (χ1n) is 8.78. The Morgan fingerprint density at radius 2 is 1.79 bits per heavy atom. The molecule has 1 aliphatic rings. The molecule has 5 heteroatoms. The topological polar surface area (TPSA) is 43.9 Å². The molecule has 2 rings (SSSR count). The fourth-order valence-corrected chi connectivity index (χ4v) is 3.06. The maximum atomic E-state index is 12.8. The molecular formula is C19H29N3O2. The van der Waals surface area contributed by atoms with Gasteiger partial charge in [-0.2, -0.15) is 0 Å². The molecule has 0 unspecified atom stereocenters. The van der Waals surface area contributed by atoms with Crippen LogP contribution in [0.2, 0.25) is 0 Å². The SMILES string of the molecule is CC(=O)N1CCCN(CC(=O)N(Cc2ccccc2)C(C)C)CC1. The Kier molecular flexibility index (Phi) is 6.79. The number of amides is 2. The van der Waals surface area contributed by atoms with Crippen molar-refractivity contribution < 1.29 is 9.59 Å². The molecule has 0 aromatic heterocycles. The van der Waals surface area contributed by atoms with Crippen molar-refractivity contribution in [1.29, 1.82) is 0 Å². The summed E-state index contributed by atoms with van der Waals surface area (Å²) < 4.78 is 0. The number of carbonyl (C=O) groups is 2. The molecule has 1 aromatic carbocycles. The first-order valence-corrected chi connectivity index (χ1v) is 8.78. The number of benzene rings is 1. The van der Waals surface area contributed by atoms with Crippen LogP contribution in [-0.2, 0) is 16.1 Å². The van der Waals surface area contributed by atoms with Gasteiger partial charge in [0.15, 0.2) is 0 Å². The molecule has 1 fully saturated rings. The van der Waals surface area contributed by atoms with E-state index < -0.39 is 0 Å². The third-order valence-electron chi connectivity index (χ3n) is 4.53. The molecule has 24 heavy (non-hydrogen) atoms. The van der Waals surface area contributed by atoms with E-state index >= 15 is 0 Å². The highest BCUT2D eigenvalue weighted by molar-refractivity contribution is 5.78. The van der Waals surface area contributed by atoms with Crippen molar-refractivity contribution in [3.8, 4) is 0 Å². The highest BCUT2D eigenvalue weighted by atomic mass is 16.2.